The minimum atomic E-state index is -0.526. The van der Waals surface area contributed by atoms with E-state index in [1.165, 1.54) is 31.4 Å². The number of nitrogens with one attached hydrogen (secondary N) is 1. The van der Waals surface area contributed by atoms with Crippen LogP contribution in [0.15, 0.2) is 36.4 Å². The maximum atomic E-state index is 13.3. The summed E-state index contributed by atoms with van der Waals surface area (Å²) in [6, 6.07) is 8.97. The monoisotopic (exact) mass is 310 g/mol. The average Bonchev–Trinajstić information content (AvgIpc) is 2.48. The molecule has 2 rings (SSSR count). The number of nitrogens with zero attached hydrogens (tertiary/aromatic N) is 1. The number of halogens is 2. The van der Waals surface area contributed by atoms with Crippen LogP contribution in [-0.4, -0.2) is 12.0 Å². The number of anilines is 1. The van der Waals surface area contributed by atoms with E-state index in [1.54, 1.807) is 12.1 Å². The first kappa shape index (κ1) is 15.1. The number of nitro groups is 1. The highest BCUT2D eigenvalue weighted by Gasteiger charge is 2.14. The number of hydrogen-bond donors (Lipinski definition) is 1. The highest BCUT2D eigenvalue weighted by atomic mass is 35.5. The molecule has 0 spiro atoms. The fraction of sp³-hybridized carbons (Fsp3) is 0.143. The van der Waals surface area contributed by atoms with E-state index in [2.05, 4.69) is 5.32 Å². The van der Waals surface area contributed by atoms with E-state index < -0.39 is 10.7 Å². The van der Waals surface area contributed by atoms with Crippen molar-refractivity contribution < 1.29 is 14.1 Å². The minimum absolute atomic E-state index is 0.0423. The summed E-state index contributed by atoms with van der Waals surface area (Å²) in [5.74, 6) is -0.330. The van der Waals surface area contributed by atoms with Gasteiger partial charge in [0.15, 0.2) is 5.75 Å². The smallest absolute Gasteiger partial charge is 0.311 e. The molecule has 0 aliphatic carbocycles. The predicted molar refractivity (Wildman–Crippen MR) is 78.4 cm³/mol. The quantitative estimate of drug-likeness (QED) is 0.669. The van der Waals surface area contributed by atoms with Gasteiger partial charge in [-0.05, 0) is 29.8 Å². The zero-order valence-electron chi connectivity index (χ0n) is 11.1. The van der Waals surface area contributed by atoms with Crippen molar-refractivity contribution in [2.75, 3.05) is 12.4 Å². The molecule has 7 heteroatoms. The molecule has 0 aliphatic rings. The summed E-state index contributed by atoms with van der Waals surface area (Å²) in [7, 11) is 1.37. The molecule has 0 radical (unpaired) electrons. The molecular weight excluding hydrogens is 299 g/mol. The third-order valence-electron chi connectivity index (χ3n) is 2.86. The Morgan fingerprint density at radius 2 is 2.10 bits per heavy atom. The second-order valence-corrected chi connectivity index (χ2v) is 4.65. The van der Waals surface area contributed by atoms with Gasteiger partial charge in [-0.15, -0.1) is 0 Å². The zero-order valence-corrected chi connectivity index (χ0v) is 11.9. The number of rotatable bonds is 5. The van der Waals surface area contributed by atoms with Crippen molar-refractivity contribution >= 4 is 23.0 Å². The Morgan fingerprint density at radius 3 is 2.71 bits per heavy atom. The molecule has 0 saturated carbocycles. The van der Waals surface area contributed by atoms with Crippen LogP contribution in [0.3, 0.4) is 0 Å². The Bertz CT molecular complexity index is 679. The van der Waals surface area contributed by atoms with Crippen molar-refractivity contribution in [3.63, 3.8) is 0 Å². The van der Waals surface area contributed by atoms with Gasteiger partial charge >= 0.3 is 5.69 Å². The van der Waals surface area contributed by atoms with Gasteiger partial charge in [-0.1, -0.05) is 17.7 Å². The molecule has 0 aliphatic heterocycles. The highest BCUT2D eigenvalue weighted by molar-refractivity contribution is 6.30. The number of nitro benzene ring substituents is 1. The molecule has 0 unspecified atom stereocenters. The molecule has 0 fully saturated rings. The standard InChI is InChI=1S/C14H12ClFN2O3/c1-21-14-5-2-9(6-13(14)18(19)20)8-17-10-3-4-11(15)12(16)7-10/h2-7,17H,8H2,1H3. The van der Waals surface area contributed by atoms with Crippen LogP contribution in [-0.2, 0) is 6.54 Å². The highest BCUT2D eigenvalue weighted by Crippen LogP contribution is 2.28. The first-order valence-corrected chi connectivity index (χ1v) is 6.39. The number of hydrogen-bond acceptors (Lipinski definition) is 4. The summed E-state index contributed by atoms with van der Waals surface area (Å²) in [5, 5.41) is 13.9. The minimum Gasteiger partial charge on any atom is -0.490 e. The Labute approximate surface area is 125 Å². The van der Waals surface area contributed by atoms with E-state index in [4.69, 9.17) is 16.3 Å². The van der Waals surface area contributed by atoms with E-state index in [1.807, 2.05) is 0 Å². The van der Waals surface area contributed by atoms with E-state index in [-0.39, 0.29) is 16.5 Å². The number of ether oxygens (including phenoxy) is 1. The van der Waals surface area contributed by atoms with Crippen LogP contribution in [0.5, 0.6) is 5.75 Å². The first-order valence-electron chi connectivity index (χ1n) is 6.01. The van der Waals surface area contributed by atoms with Gasteiger partial charge in [0.2, 0.25) is 0 Å². The fourth-order valence-electron chi connectivity index (χ4n) is 1.80. The SMILES string of the molecule is COc1ccc(CNc2ccc(Cl)c(F)c2)cc1[N+](=O)[O-]. The Balaban J connectivity index is 2.14. The van der Waals surface area contributed by atoms with Crippen LogP contribution in [0.25, 0.3) is 0 Å². The van der Waals surface area contributed by atoms with Crippen molar-refractivity contribution in [3.8, 4) is 5.75 Å². The van der Waals surface area contributed by atoms with Gasteiger partial charge in [-0.2, -0.15) is 0 Å². The molecule has 0 heterocycles. The van der Waals surface area contributed by atoms with Gasteiger partial charge in [-0.3, -0.25) is 10.1 Å². The maximum Gasteiger partial charge on any atom is 0.311 e. The summed E-state index contributed by atoms with van der Waals surface area (Å²) in [4.78, 5) is 10.4. The lowest BCUT2D eigenvalue weighted by molar-refractivity contribution is -0.385. The maximum absolute atomic E-state index is 13.3. The van der Waals surface area contributed by atoms with Crippen molar-refractivity contribution in [1.29, 1.82) is 0 Å². The number of methoxy groups -OCH3 is 1. The van der Waals surface area contributed by atoms with Crippen molar-refractivity contribution in [1.82, 2.24) is 0 Å². The molecular formula is C14H12ClFN2O3. The molecule has 0 bridgehead atoms. The van der Waals surface area contributed by atoms with Crippen LogP contribution in [0.2, 0.25) is 5.02 Å². The van der Waals surface area contributed by atoms with Crippen LogP contribution < -0.4 is 10.1 Å². The van der Waals surface area contributed by atoms with E-state index in [0.717, 1.165) is 0 Å². The molecule has 2 aromatic carbocycles. The van der Waals surface area contributed by atoms with Crippen molar-refractivity contribution in [3.05, 3.63) is 62.9 Å². The lowest BCUT2D eigenvalue weighted by atomic mass is 10.2. The largest absolute Gasteiger partial charge is 0.490 e. The molecule has 2 aromatic rings. The third kappa shape index (κ3) is 3.61. The summed E-state index contributed by atoms with van der Waals surface area (Å²) >= 11 is 5.60. The predicted octanol–water partition coefficient (Wildman–Crippen LogP) is 4.01. The molecule has 5 nitrogen and oxygen atoms in total. The summed E-state index contributed by atoms with van der Waals surface area (Å²) in [5.41, 5.74) is 1.10. The Morgan fingerprint density at radius 1 is 1.33 bits per heavy atom. The fourth-order valence-corrected chi connectivity index (χ4v) is 1.92. The molecule has 0 saturated heterocycles. The molecule has 0 atom stereocenters. The summed E-state index contributed by atoms with van der Waals surface area (Å²) in [6.07, 6.45) is 0. The lowest BCUT2D eigenvalue weighted by Gasteiger charge is -2.08. The average molecular weight is 311 g/mol. The summed E-state index contributed by atoms with van der Waals surface area (Å²) < 4.78 is 18.2. The lowest BCUT2D eigenvalue weighted by Crippen LogP contribution is -2.01. The second kappa shape index (κ2) is 6.41. The van der Waals surface area contributed by atoms with E-state index in [0.29, 0.717) is 17.8 Å². The van der Waals surface area contributed by atoms with Gasteiger partial charge in [0.1, 0.15) is 5.82 Å². The van der Waals surface area contributed by atoms with E-state index >= 15 is 0 Å². The van der Waals surface area contributed by atoms with Gasteiger partial charge in [0.25, 0.3) is 0 Å². The second-order valence-electron chi connectivity index (χ2n) is 4.25. The van der Waals surface area contributed by atoms with Gasteiger partial charge in [0, 0.05) is 18.3 Å². The summed E-state index contributed by atoms with van der Waals surface area (Å²) in [6.45, 7) is 0.311. The van der Waals surface area contributed by atoms with Crippen LogP contribution in [0, 0.1) is 15.9 Å². The zero-order chi connectivity index (χ0) is 15.4. The first-order chi connectivity index (χ1) is 10.0. The van der Waals surface area contributed by atoms with Crippen LogP contribution >= 0.6 is 11.6 Å². The van der Waals surface area contributed by atoms with Crippen molar-refractivity contribution in [2.24, 2.45) is 0 Å². The topological polar surface area (TPSA) is 64.4 Å². The third-order valence-corrected chi connectivity index (χ3v) is 3.16. The molecule has 0 aromatic heterocycles. The van der Waals surface area contributed by atoms with Gasteiger partial charge in [0.05, 0.1) is 17.1 Å². The van der Waals surface area contributed by atoms with Gasteiger partial charge in [-0.25, -0.2) is 4.39 Å². The Hall–Kier alpha value is -2.34. The van der Waals surface area contributed by atoms with Crippen molar-refractivity contribution in [2.45, 2.75) is 6.54 Å². The molecule has 0 amide bonds. The van der Waals surface area contributed by atoms with Gasteiger partial charge < -0.3 is 10.1 Å². The molecule has 1 N–H and O–H groups in total. The normalized spacial score (nSPS) is 10.2. The Kier molecular flexibility index (Phi) is 4.59. The molecule has 21 heavy (non-hydrogen) atoms. The van der Waals surface area contributed by atoms with E-state index in [9.17, 15) is 14.5 Å². The molecule has 110 valence electrons. The van der Waals surface area contributed by atoms with Crippen LogP contribution in [0.4, 0.5) is 15.8 Å². The van der Waals surface area contributed by atoms with Crippen LogP contribution in [0.1, 0.15) is 5.56 Å². The number of benzene rings is 2.